The molecule has 0 aliphatic carbocycles. The van der Waals surface area contributed by atoms with E-state index in [0.717, 1.165) is 0 Å². The highest BCUT2D eigenvalue weighted by molar-refractivity contribution is 6.30. The predicted molar refractivity (Wildman–Crippen MR) is 65.3 cm³/mol. The molecule has 6 nitrogen and oxygen atoms in total. The van der Waals surface area contributed by atoms with E-state index in [-0.39, 0.29) is 12.4 Å². The van der Waals surface area contributed by atoms with Gasteiger partial charge in [-0.25, -0.2) is 0 Å². The summed E-state index contributed by atoms with van der Waals surface area (Å²) in [6.07, 6.45) is 0.634. The molecule has 0 aliphatic heterocycles. The largest absolute Gasteiger partial charge is 0.389 e. The quantitative estimate of drug-likeness (QED) is 0.680. The van der Waals surface area contributed by atoms with Crippen molar-refractivity contribution in [1.29, 1.82) is 0 Å². The molecule has 0 unspecified atom stereocenters. The highest BCUT2D eigenvalue weighted by Gasteiger charge is 2.15. The Hall–Kier alpha value is -1.92. The van der Waals surface area contributed by atoms with E-state index < -0.39 is 11.0 Å². The minimum Gasteiger partial charge on any atom is -0.386 e. The number of nitro groups is 1. The van der Waals surface area contributed by atoms with Crippen molar-refractivity contribution in [3.8, 4) is 0 Å². The Morgan fingerprint density at radius 3 is 2.89 bits per heavy atom. The number of rotatable bonds is 4. The summed E-state index contributed by atoms with van der Waals surface area (Å²) in [6, 6.07) is 8.09. The minimum absolute atomic E-state index is 0.133. The van der Waals surface area contributed by atoms with Gasteiger partial charge in [-0.3, -0.25) is 0 Å². The van der Waals surface area contributed by atoms with Crippen molar-refractivity contribution in [3.05, 3.63) is 57.2 Å². The normalized spacial score (nSPS) is 12.3. The first-order valence-corrected chi connectivity index (χ1v) is 5.55. The summed E-state index contributed by atoms with van der Waals surface area (Å²) >= 11 is 5.81. The van der Waals surface area contributed by atoms with Crippen molar-refractivity contribution >= 4 is 17.4 Å². The van der Waals surface area contributed by atoms with Crippen LogP contribution in [0.15, 0.2) is 36.5 Å². The number of halogens is 1. The van der Waals surface area contributed by atoms with Crippen molar-refractivity contribution in [2.24, 2.45) is 0 Å². The number of hydrogen-bond acceptors (Lipinski definition) is 4. The fourth-order valence-electron chi connectivity index (χ4n) is 1.55. The van der Waals surface area contributed by atoms with Gasteiger partial charge in [-0.05, 0) is 22.6 Å². The number of aliphatic hydroxyl groups excluding tert-OH is 1. The van der Waals surface area contributed by atoms with Crippen LogP contribution in [0.5, 0.6) is 0 Å². The summed E-state index contributed by atoms with van der Waals surface area (Å²) in [5.74, 6) is -0.242. The van der Waals surface area contributed by atoms with Gasteiger partial charge in [-0.1, -0.05) is 23.7 Å². The Morgan fingerprint density at radius 1 is 1.50 bits per heavy atom. The highest BCUT2D eigenvalue weighted by Crippen LogP contribution is 2.19. The minimum atomic E-state index is -0.816. The van der Waals surface area contributed by atoms with Crippen LogP contribution in [0.3, 0.4) is 0 Å². The van der Waals surface area contributed by atoms with Crippen LogP contribution in [0.4, 0.5) is 5.82 Å². The molecule has 0 fully saturated rings. The van der Waals surface area contributed by atoms with Gasteiger partial charge in [0.25, 0.3) is 0 Å². The molecule has 0 spiro atoms. The molecule has 1 N–H and O–H groups in total. The fraction of sp³-hybridized carbons (Fsp3) is 0.182. The predicted octanol–water partition coefficient (Wildman–Crippen LogP) is 2.18. The zero-order chi connectivity index (χ0) is 13.1. The van der Waals surface area contributed by atoms with E-state index in [1.807, 2.05) is 0 Å². The second-order valence-corrected chi connectivity index (χ2v) is 4.16. The first-order valence-electron chi connectivity index (χ1n) is 5.17. The molecule has 7 heteroatoms. The van der Waals surface area contributed by atoms with Gasteiger partial charge in [0.15, 0.2) is 0 Å². The SMILES string of the molecule is O=[N+]([O-])c1ccn(C[C@H](O)c2cccc(Cl)c2)n1. The van der Waals surface area contributed by atoms with Crippen molar-refractivity contribution in [2.45, 2.75) is 12.6 Å². The molecule has 2 aromatic rings. The molecule has 1 atom stereocenters. The summed E-state index contributed by atoms with van der Waals surface area (Å²) in [6.45, 7) is 0.133. The van der Waals surface area contributed by atoms with Gasteiger partial charge in [0.1, 0.15) is 6.10 Å². The first kappa shape index (κ1) is 12.5. The van der Waals surface area contributed by atoms with E-state index in [1.54, 1.807) is 24.3 Å². The molecule has 0 saturated carbocycles. The number of nitrogens with zero attached hydrogens (tertiary/aromatic N) is 3. The van der Waals surface area contributed by atoms with E-state index in [2.05, 4.69) is 5.10 Å². The van der Waals surface area contributed by atoms with E-state index in [4.69, 9.17) is 11.6 Å². The summed E-state index contributed by atoms with van der Waals surface area (Å²) in [7, 11) is 0. The van der Waals surface area contributed by atoms with Crippen molar-refractivity contribution in [3.63, 3.8) is 0 Å². The molecule has 0 bridgehead atoms. The first-order chi connectivity index (χ1) is 8.56. The summed E-state index contributed by atoms with van der Waals surface area (Å²) in [5.41, 5.74) is 0.639. The van der Waals surface area contributed by atoms with E-state index in [1.165, 1.54) is 16.9 Å². The van der Waals surface area contributed by atoms with Gasteiger partial charge in [-0.2, -0.15) is 4.68 Å². The smallest absolute Gasteiger partial charge is 0.386 e. The van der Waals surface area contributed by atoms with Crippen molar-refractivity contribution < 1.29 is 10.0 Å². The highest BCUT2D eigenvalue weighted by atomic mass is 35.5. The number of aromatic nitrogens is 2. The maximum Gasteiger partial charge on any atom is 0.389 e. The molecule has 1 heterocycles. The molecule has 1 aromatic carbocycles. The molecule has 0 saturated heterocycles. The second-order valence-electron chi connectivity index (χ2n) is 3.72. The lowest BCUT2D eigenvalue weighted by Gasteiger charge is -2.09. The van der Waals surface area contributed by atoms with E-state index in [9.17, 15) is 15.2 Å². The Morgan fingerprint density at radius 2 is 2.28 bits per heavy atom. The van der Waals surface area contributed by atoms with Gasteiger partial charge in [0, 0.05) is 5.02 Å². The number of hydrogen-bond donors (Lipinski definition) is 1. The molecular weight excluding hydrogens is 258 g/mol. The van der Waals surface area contributed by atoms with Crippen LogP contribution in [0.25, 0.3) is 0 Å². The third-order valence-electron chi connectivity index (χ3n) is 2.41. The molecule has 0 aliphatic rings. The molecule has 0 amide bonds. The maximum atomic E-state index is 10.5. The van der Waals surface area contributed by atoms with Gasteiger partial charge in [0.2, 0.25) is 0 Å². The summed E-state index contributed by atoms with van der Waals surface area (Å²) in [5, 5.41) is 24.7. The molecule has 2 rings (SSSR count). The Bertz CT molecular complexity index is 570. The topological polar surface area (TPSA) is 81.2 Å². The summed E-state index contributed by atoms with van der Waals surface area (Å²) in [4.78, 5) is 9.88. The third kappa shape index (κ3) is 2.85. The van der Waals surface area contributed by atoms with Gasteiger partial charge in [0.05, 0.1) is 23.9 Å². The Kier molecular flexibility index (Phi) is 3.59. The number of benzene rings is 1. The monoisotopic (exact) mass is 267 g/mol. The van der Waals surface area contributed by atoms with Crippen molar-refractivity contribution in [2.75, 3.05) is 0 Å². The Labute approximate surface area is 108 Å². The van der Waals surface area contributed by atoms with E-state index >= 15 is 0 Å². The molecule has 94 valence electrons. The van der Waals surface area contributed by atoms with Crippen molar-refractivity contribution in [1.82, 2.24) is 9.78 Å². The maximum absolute atomic E-state index is 10.5. The average molecular weight is 268 g/mol. The zero-order valence-electron chi connectivity index (χ0n) is 9.23. The van der Waals surface area contributed by atoms with Gasteiger partial charge >= 0.3 is 5.82 Å². The molecule has 0 radical (unpaired) electrons. The van der Waals surface area contributed by atoms with Gasteiger partial charge in [-0.15, -0.1) is 0 Å². The van der Waals surface area contributed by atoms with Crippen LogP contribution in [0.1, 0.15) is 11.7 Å². The van der Waals surface area contributed by atoms with E-state index in [0.29, 0.717) is 10.6 Å². The lowest BCUT2D eigenvalue weighted by atomic mass is 10.1. The third-order valence-corrected chi connectivity index (χ3v) is 2.64. The van der Waals surface area contributed by atoms with Crippen LogP contribution in [-0.4, -0.2) is 19.8 Å². The van der Waals surface area contributed by atoms with Crippen LogP contribution >= 0.6 is 11.6 Å². The van der Waals surface area contributed by atoms with Crippen LogP contribution < -0.4 is 0 Å². The lowest BCUT2D eigenvalue weighted by Crippen LogP contribution is -2.09. The van der Waals surface area contributed by atoms with Crippen LogP contribution in [0, 0.1) is 10.1 Å². The molecule has 18 heavy (non-hydrogen) atoms. The Balaban J connectivity index is 2.11. The fourth-order valence-corrected chi connectivity index (χ4v) is 1.75. The molecular formula is C11H10ClN3O3. The summed E-state index contributed by atoms with van der Waals surface area (Å²) < 4.78 is 1.32. The zero-order valence-corrected chi connectivity index (χ0v) is 9.99. The second kappa shape index (κ2) is 5.16. The lowest BCUT2D eigenvalue weighted by molar-refractivity contribution is -0.389. The number of aliphatic hydroxyl groups is 1. The van der Waals surface area contributed by atoms with Gasteiger partial charge < -0.3 is 15.2 Å². The standard InChI is InChI=1S/C11H10ClN3O3/c12-9-3-1-2-8(6-9)10(16)7-14-5-4-11(13-14)15(17)18/h1-6,10,16H,7H2/t10-/m0/s1. The average Bonchev–Trinajstić information content (AvgIpc) is 2.77. The van der Waals surface area contributed by atoms with Crippen LogP contribution in [-0.2, 0) is 6.54 Å². The van der Waals surface area contributed by atoms with Crippen LogP contribution in [0.2, 0.25) is 5.02 Å². The molecule has 1 aromatic heterocycles.